The summed E-state index contributed by atoms with van der Waals surface area (Å²) in [5.74, 6) is -4.59. The first-order valence-electron chi connectivity index (χ1n) is 16.5. The fourth-order valence-electron chi connectivity index (χ4n) is 6.43. The second kappa shape index (κ2) is 16.9. The second-order valence-electron chi connectivity index (χ2n) is 12.3. The summed E-state index contributed by atoms with van der Waals surface area (Å²) >= 11 is 6.10. The van der Waals surface area contributed by atoms with Gasteiger partial charge in [-0.05, 0) is 92.2 Å². The molecule has 0 radical (unpaired) electrons. The van der Waals surface area contributed by atoms with Crippen molar-refractivity contribution in [2.24, 2.45) is 16.6 Å². The number of nitrogens with one attached hydrogen (secondary N) is 2. The monoisotopic (exact) mass is 713 g/mol. The zero-order chi connectivity index (χ0) is 36.7. The number of benzene rings is 3. The third kappa shape index (κ3) is 8.09. The smallest absolute Gasteiger partial charge is 0.204 e. The van der Waals surface area contributed by atoms with Crippen LogP contribution in [0.3, 0.4) is 0 Å². The lowest BCUT2D eigenvalue weighted by Crippen LogP contribution is -2.34. The number of aromatic hydroxyl groups is 4. The number of ether oxygens (including phenoxy) is 1. The van der Waals surface area contributed by atoms with Gasteiger partial charge in [-0.15, -0.1) is 0 Å². The Hall–Kier alpha value is -4.52. The Kier molecular flexibility index (Phi) is 13.0. The highest BCUT2D eigenvalue weighted by atomic mass is 35.5. The van der Waals surface area contributed by atoms with Crippen LogP contribution >= 0.6 is 11.6 Å². The average molecular weight is 714 g/mol. The van der Waals surface area contributed by atoms with Crippen molar-refractivity contribution in [3.63, 3.8) is 0 Å². The van der Waals surface area contributed by atoms with Gasteiger partial charge in [0.25, 0.3) is 0 Å². The lowest BCUT2D eigenvalue weighted by Gasteiger charge is -2.34. The van der Waals surface area contributed by atoms with Crippen molar-refractivity contribution in [3.8, 4) is 28.7 Å². The van der Waals surface area contributed by atoms with Gasteiger partial charge < -0.3 is 47.3 Å². The number of methoxy groups -OCH3 is 1. The molecule has 3 aromatic rings. The van der Waals surface area contributed by atoms with Crippen LogP contribution in [0, 0.1) is 17.6 Å². The number of phenols is 4. The number of aliphatic imine (C=N–C) groups is 1. The Morgan fingerprint density at radius 1 is 1.08 bits per heavy atom. The van der Waals surface area contributed by atoms with E-state index in [1.54, 1.807) is 13.3 Å². The second-order valence-corrected chi connectivity index (χ2v) is 12.7. The summed E-state index contributed by atoms with van der Waals surface area (Å²) in [6, 6.07) is 6.38. The third-order valence-corrected chi connectivity index (χ3v) is 9.34. The number of hydrogen-bond acceptors (Lipinski definition) is 10. The number of halogens is 3. The van der Waals surface area contributed by atoms with Crippen LogP contribution in [0.2, 0.25) is 5.02 Å². The van der Waals surface area contributed by atoms with Crippen molar-refractivity contribution in [3.05, 3.63) is 92.2 Å². The molecule has 50 heavy (non-hydrogen) atoms. The van der Waals surface area contributed by atoms with E-state index in [1.807, 2.05) is 25.1 Å². The highest BCUT2D eigenvalue weighted by Crippen LogP contribution is 2.50. The first kappa shape index (κ1) is 38.3. The molecule has 3 atom stereocenters. The maximum atomic E-state index is 15.3. The van der Waals surface area contributed by atoms with E-state index >= 15 is 4.39 Å². The molecule has 1 heterocycles. The predicted octanol–water partition coefficient (Wildman–Crippen LogP) is 6.31. The number of phenolic OH excluding ortho intramolecular Hbond substituents is 4. The van der Waals surface area contributed by atoms with Gasteiger partial charge in [-0.1, -0.05) is 25.4 Å². The molecule has 0 bridgehead atoms. The van der Waals surface area contributed by atoms with Crippen LogP contribution in [-0.4, -0.2) is 60.4 Å². The largest absolute Gasteiger partial charge is 0.504 e. The quantitative estimate of drug-likeness (QED) is 0.0267. The molecule has 5 rings (SSSR count). The molecule has 1 aliphatic carbocycles. The van der Waals surface area contributed by atoms with E-state index in [0.29, 0.717) is 43.1 Å². The van der Waals surface area contributed by atoms with Gasteiger partial charge in [0.2, 0.25) is 11.5 Å². The van der Waals surface area contributed by atoms with Crippen LogP contribution in [0.1, 0.15) is 67.3 Å². The number of hydrogen-bond donors (Lipinski definition) is 8. The maximum absolute atomic E-state index is 15.3. The maximum Gasteiger partial charge on any atom is 0.204 e. The number of nitrogens with two attached hydrogens (primary N) is 2. The minimum atomic E-state index is -0.861. The van der Waals surface area contributed by atoms with E-state index < -0.39 is 46.6 Å². The van der Waals surface area contributed by atoms with Gasteiger partial charge in [0.15, 0.2) is 11.5 Å². The summed E-state index contributed by atoms with van der Waals surface area (Å²) in [5, 5.41) is 48.6. The molecule has 0 amide bonds. The molecule has 10 N–H and O–H groups in total. The van der Waals surface area contributed by atoms with Crippen LogP contribution in [0.4, 0.5) is 14.5 Å². The summed E-state index contributed by atoms with van der Waals surface area (Å²) in [6.45, 7) is 5.44. The van der Waals surface area contributed by atoms with Crippen molar-refractivity contribution in [2.75, 3.05) is 39.5 Å². The first-order chi connectivity index (χ1) is 23.9. The predicted molar refractivity (Wildman–Crippen MR) is 193 cm³/mol. The molecule has 0 fully saturated rings. The number of dihydropyridines is 1. The topological polar surface area (TPSA) is 179 Å². The molecule has 270 valence electrons. The van der Waals surface area contributed by atoms with E-state index in [-0.39, 0.29) is 28.6 Å². The van der Waals surface area contributed by atoms with Crippen LogP contribution in [0.25, 0.3) is 0 Å². The van der Waals surface area contributed by atoms with Gasteiger partial charge in [-0.25, -0.2) is 8.78 Å². The molecular formula is C37H46ClF2N5O5. The van der Waals surface area contributed by atoms with Crippen molar-refractivity contribution in [2.45, 2.75) is 51.5 Å². The molecule has 1 aliphatic heterocycles. The molecule has 13 heteroatoms. The Morgan fingerprint density at radius 3 is 2.52 bits per heavy atom. The fourth-order valence-corrected chi connectivity index (χ4v) is 6.60. The molecule has 0 aromatic heterocycles. The number of nitrogen functional groups attached to an aromatic ring is 1. The van der Waals surface area contributed by atoms with E-state index in [1.165, 1.54) is 19.2 Å². The van der Waals surface area contributed by atoms with E-state index in [0.717, 1.165) is 41.2 Å². The summed E-state index contributed by atoms with van der Waals surface area (Å²) in [5.41, 5.74) is 15.8. The van der Waals surface area contributed by atoms with Crippen LogP contribution in [0.15, 0.2) is 58.2 Å². The van der Waals surface area contributed by atoms with E-state index in [4.69, 9.17) is 22.1 Å². The molecule has 0 saturated carbocycles. The van der Waals surface area contributed by atoms with Crippen LogP contribution < -0.4 is 26.8 Å². The lowest BCUT2D eigenvalue weighted by molar-refractivity contribution is 0.341. The minimum Gasteiger partial charge on any atom is -0.504 e. The normalized spacial score (nSPS) is 17.6. The Bertz CT molecular complexity index is 1800. The van der Waals surface area contributed by atoms with Gasteiger partial charge in [0.05, 0.1) is 23.9 Å². The summed E-state index contributed by atoms with van der Waals surface area (Å²) in [7, 11) is 3.05. The van der Waals surface area contributed by atoms with Gasteiger partial charge in [-0.2, -0.15) is 0 Å². The van der Waals surface area contributed by atoms with Crippen LogP contribution in [0.5, 0.6) is 28.7 Å². The minimum absolute atomic E-state index is 0.128. The summed E-state index contributed by atoms with van der Waals surface area (Å²) in [6.07, 6.45) is 6.68. The lowest BCUT2D eigenvalue weighted by atomic mass is 9.85. The Balaban J connectivity index is 0.00000276. The highest BCUT2D eigenvalue weighted by molar-refractivity contribution is 6.30. The number of allylic oxidation sites excluding steroid dienone is 2. The van der Waals surface area contributed by atoms with Gasteiger partial charge in [0.1, 0.15) is 17.4 Å². The van der Waals surface area contributed by atoms with E-state index in [2.05, 4.69) is 28.3 Å². The molecular weight excluding hydrogens is 668 g/mol. The van der Waals surface area contributed by atoms with E-state index in [9.17, 15) is 24.8 Å². The highest BCUT2D eigenvalue weighted by Gasteiger charge is 2.36. The number of anilines is 1. The Labute approximate surface area is 296 Å². The molecule has 3 unspecified atom stereocenters. The number of nitrogens with zero attached hydrogens (tertiary/aromatic N) is 1. The first-order valence-corrected chi connectivity index (χ1v) is 16.9. The van der Waals surface area contributed by atoms with Crippen molar-refractivity contribution in [1.82, 2.24) is 10.6 Å². The standard InChI is InChI=1S/C36H41ClF2N4O5.CH5N/c1-4-8-41-16-20-10-19(11-31(48-3)32(20)40)7-9-42-17-25(23-14-30(44)35(46)36(47)34(23)45)29-13-22-18(2)5-6-21(22)33(43-29)24-12-26(37)28(39)15-27(24)38;1-2/h10-16,18,25,33,42-47H,4-9,17,40H2,1-3H3;2H2,1H3. The zero-order valence-corrected chi connectivity index (χ0v) is 29.4. The van der Waals surface area contributed by atoms with Crippen LogP contribution in [-0.2, 0) is 6.42 Å². The van der Waals surface area contributed by atoms with Gasteiger partial charge in [0, 0.05) is 53.7 Å². The van der Waals surface area contributed by atoms with Gasteiger partial charge in [-0.3, -0.25) is 4.99 Å². The average Bonchev–Trinajstić information content (AvgIpc) is 3.49. The number of rotatable bonds is 12. The molecule has 10 nitrogen and oxygen atoms in total. The summed E-state index contributed by atoms with van der Waals surface area (Å²) in [4.78, 5) is 4.42. The van der Waals surface area contributed by atoms with Crippen molar-refractivity contribution < 1.29 is 33.9 Å². The molecule has 0 spiro atoms. The zero-order valence-electron chi connectivity index (χ0n) is 28.7. The molecule has 2 aliphatic rings. The third-order valence-electron chi connectivity index (χ3n) is 9.05. The van der Waals surface area contributed by atoms with Crippen molar-refractivity contribution in [1.29, 1.82) is 0 Å². The fraction of sp³-hybridized carbons (Fsp3) is 0.378. The Morgan fingerprint density at radius 2 is 1.82 bits per heavy atom. The van der Waals surface area contributed by atoms with Gasteiger partial charge >= 0.3 is 0 Å². The summed E-state index contributed by atoms with van der Waals surface area (Å²) < 4.78 is 34.9. The molecule has 3 aromatic carbocycles. The molecule has 0 saturated heterocycles. The SMILES string of the molecule is CCCN=Cc1cc(CCNCC(C2=CC3=C(CCC3C)C(c3cc(Cl)c(F)cc3F)N2)c2cc(O)c(O)c(O)c2O)cc(OC)c1N.CN. The van der Waals surface area contributed by atoms with Crippen molar-refractivity contribution >= 4 is 23.5 Å².